The number of aromatic nitrogens is 1. The van der Waals surface area contributed by atoms with Gasteiger partial charge in [-0.1, -0.05) is 18.2 Å². The number of aryl methyl sites for hydroxylation is 1. The lowest BCUT2D eigenvalue weighted by atomic mass is 10.2. The minimum Gasteiger partial charge on any atom is -0.370 e. The second-order valence-corrected chi connectivity index (χ2v) is 7.39. The monoisotopic (exact) mass is 408 g/mol. The highest BCUT2D eigenvalue weighted by Gasteiger charge is 2.16. The number of rotatable bonds is 8. The van der Waals surface area contributed by atoms with Gasteiger partial charge in [-0.25, -0.2) is 0 Å². The predicted octanol–water partition coefficient (Wildman–Crippen LogP) is 3.96. The third kappa shape index (κ3) is 5.20. The van der Waals surface area contributed by atoms with Gasteiger partial charge in [0.1, 0.15) is 4.88 Å². The topological polar surface area (TPSA) is 74.3 Å². The van der Waals surface area contributed by atoms with Crippen LogP contribution in [0, 0.1) is 6.92 Å². The Morgan fingerprint density at radius 1 is 1.07 bits per heavy atom. The SMILES string of the molecule is CCN(CCNC(=O)c1sccc1NC(=O)c1ccncc1)c1ccccc1C. The van der Waals surface area contributed by atoms with E-state index in [1.165, 1.54) is 22.6 Å². The third-order valence-corrected chi connectivity index (χ3v) is 5.48. The number of amides is 2. The molecule has 0 aliphatic rings. The number of carbonyl (C=O) groups is 2. The van der Waals surface area contributed by atoms with Crippen molar-refractivity contribution in [3.8, 4) is 0 Å². The molecule has 7 heteroatoms. The molecule has 2 N–H and O–H groups in total. The van der Waals surface area contributed by atoms with Gasteiger partial charge in [-0.3, -0.25) is 14.6 Å². The lowest BCUT2D eigenvalue weighted by molar-refractivity contribution is 0.0959. The molecule has 0 atom stereocenters. The molecule has 2 heterocycles. The van der Waals surface area contributed by atoms with E-state index >= 15 is 0 Å². The summed E-state index contributed by atoms with van der Waals surface area (Å²) in [5.41, 5.74) is 3.39. The Morgan fingerprint density at radius 3 is 2.55 bits per heavy atom. The van der Waals surface area contributed by atoms with Crippen molar-refractivity contribution < 1.29 is 9.59 Å². The number of para-hydroxylation sites is 1. The van der Waals surface area contributed by atoms with Crippen molar-refractivity contribution in [1.29, 1.82) is 0 Å². The number of nitrogens with zero attached hydrogens (tertiary/aromatic N) is 2. The van der Waals surface area contributed by atoms with Gasteiger partial charge in [0.05, 0.1) is 5.69 Å². The van der Waals surface area contributed by atoms with E-state index in [0.717, 1.165) is 6.54 Å². The van der Waals surface area contributed by atoms with Crippen molar-refractivity contribution in [2.75, 3.05) is 29.9 Å². The Kier molecular flexibility index (Phi) is 6.97. The summed E-state index contributed by atoms with van der Waals surface area (Å²) in [6.07, 6.45) is 3.12. The summed E-state index contributed by atoms with van der Waals surface area (Å²) in [5, 5.41) is 7.56. The van der Waals surface area contributed by atoms with Crippen LogP contribution in [0.15, 0.2) is 60.2 Å². The Hall–Kier alpha value is -3.19. The molecule has 0 unspecified atom stereocenters. The molecule has 0 fully saturated rings. The molecule has 6 nitrogen and oxygen atoms in total. The summed E-state index contributed by atoms with van der Waals surface area (Å²) < 4.78 is 0. The summed E-state index contributed by atoms with van der Waals surface area (Å²) >= 11 is 1.31. The smallest absolute Gasteiger partial charge is 0.263 e. The van der Waals surface area contributed by atoms with Gasteiger partial charge in [0.2, 0.25) is 0 Å². The summed E-state index contributed by atoms with van der Waals surface area (Å²) in [7, 11) is 0. The van der Waals surface area contributed by atoms with Crippen molar-refractivity contribution in [1.82, 2.24) is 10.3 Å². The number of carbonyl (C=O) groups excluding carboxylic acids is 2. The normalized spacial score (nSPS) is 10.4. The fourth-order valence-electron chi connectivity index (χ4n) is 3.03. The van der Waals surface area contributed by atoms with Gasteiger partial charge >= 0.3 is 0 Å². The Labute approximate surface area is 174 Å². The van der Waals surface area contributed by atoms with Gasteiger partial charge in [0.25, 0.3) is 11.8 Å². The van der Waals surface area contributed by atoms with E-state index in [1.54, 1.807) is 36.0 Å². The minimum atomic E-state index is -0.267. The van der Waals surface area contributed by atoms with Crippen molar-refractivity contribution in [3.63, 3.8) is 0 Å². The van der Waals surface area contributed by atoms with E-state index in [2.05, 4.69) is 46.5 Å². The number of hydrogen-bond donors (Lipinski definition) is 2. The van der Waals surface area contributed by atoms with Crippen LogP contribution in [0.25, 0.3) is 0 Å². The first-order valence-corrected chi connectivity index (χ1v) is 10.4. The van der Waals surface area contributed by atoms with Gasteiger partial charge in [-0.2, -0.15) is 0 Å². The Bertz CT molecular complexity index is 972. The number of anilines is 2. The van der Waals surface area contributed by atoms with Crippen molar-refractivity contribution in [3.05, 3.63) is 76.2 Å². The number of benzene rings is 1. The fourth-order valence-corrected chi connectivity index (χ4v) is 3.80. The molecular weight excluding hydrogens is 384 g/mol. The predicted molar refractivity (Wildman–Crippen MR) is 118 cm³/mol. The summed E-state index contributed by atoms with van der Waals surface area (Å²) in [6.45, 7) is 6.25. The zero-order valence-electron chi connectivity index (χ0n) is 16.5. The highest BCUT2D eigenvalue weighted by molar-refractivity contribution is 7.12. The summed E-state index contributed by atoms with van der Waals surface area (Å²) in [6, 6.07) is 13.2. The second kappa shape index (κ2) is 9.84. The maximum atomic E-state index is 12.6. The van der Waals surface area contributed by atoms with E-state index in [0.29, 0.717) is 29.2 Å². The molecule has 29 heavy (non-hydrogen) atoms. The molecule has 0 bridgehead atoms. The highest BCUT2D eigenvalue weighted by Crippen LogP contribution is 2.23. The van der Waals surface area contributed by atoms with Crippen LogP contribution in [-0.2, 0) is 0 Å². The molecule has 2 aromatic heterocycles. The van der Waals surface area contributed by atoms with E-state index in [4.69, 9.17) is 0 Å². The quantitative estimate of drug-likeness (QED) is 0.592. The van der Waals surface area contributed by atoms with Crippen LogP contribution >= 0.6 is 11.3 Å². The lowest BCUT2D eigenvalue weighted by Crippen LogP contribution is -2.35. The van der Waals surface area contributed by atoms with Crippen LogP contribution in [0.2, 0.25) is 0 Å². The van der Waals surface area contributed by atoms with Gasteiger partial charge in [-0.15, -0.1) is 11.3 Å². The van der Waals surface area contributed by atoms with Crippen molar-refractivity contribution in [2.45, 2.75) is 13.8 Å². The summed E-state index contributed by atoms with van der Waals surface area (Å²) in [5.74, 6) is -0.456. The zero-order valence-corrected chi connectivity index (χ0v) is 17.3. The number of hydrogen-bond acceptors (Lipinski definition) is 5. The molecule has 150 valence electrons. The molecule has 0 aliphatic heterocycles. The van der Waals surface area contributed by atoms with Crippen molar-refractivity contribution >= 4 is 34.5 Å². The molecule has 2 amide bonds. The average molecular weight is 409 g/mol. The zero-order chi connectivity index (χ0) is 20.6. The number of thiophene rings is 1. The lowest BCUT2D eigenvalue weighted by Gasteiger charge is -2.25. The van der Waals surface area contributed by atoms with Gasteiger partial charge in [-0.05, 0) is 49.1 Å². The van der Waals surface area contributed by atoms with Crippen LogP contribution < -0.4 is 15.5 Å². The number of likely N-dealkylation sites (N-methyl/N-ethyl adjacent to an activating group) is 1. The first-order valence-electron chi connectivity index (χ1n) is 9.47. The number of pyridine rings is 1. The van der Waals surface area contributed by atoms with Crippen LogP contribution in [0.4, 0.5) is 11.4 Å². The largest absolute Gasteiger partial charge is 0.370 e. The minimum absolute atomic E-state index is 0.189. The van der Waals surface area contributed by atoms with Crippen LogP contribution in [0.5, 0.6) is 0 Å². The van der Waals surface area contributed by atoms with E-state index in [-0.39, 0.29) is 11.8 Å². The molecule has 0 aliphatic carbocycles. The van der Waals surface area contributed by atoms with Gasteiger partial charge in [0.15, 0.2) is 0 Å². The molecular formula is C22H24N4O2S. The number of nitrogens with one attached hydrogen (secondary N) is 2. The third-order valence-electron chi connectivity index (χ3n) is 4.57. The molecule has 1 aromatic carbocycles. The van der Waals surface area contributed by atoms with E-state index in [9.17, 15) is 9.59 Å². The van der Waals surface area contributed by atoms with Gasteiger partial charge < -0.3 is 15.5 Å². The maximum absolute atomic E-state index is 12.6. The maximum Gasteiger partial charge on any atom is 0.263 e. The van der Waals surface area contributed by atoms with Crippen LogP contribution in [0.3, 0.4) is 0 Å². The first kappa shape index (κ1) is 20.5. The first-order chi connectivity index (χ1) is 14.1. The second-order valence-electron chi connectivity index (χ2n) is 6.48. The molecule has 0 saturated carbocycles. The van der Waals surface area contributed by atoms with E-state index in [1.807, 2.05) is 12.1 Å². The standard InChI is InChI=1S/C22H24N4O2S/c1-3-26(19-7-5-4-6-16(19)2)14-13-24-22(28)20-18(10-15-29-20)25-21(27)17-8-11-23-12-9-17/h4-12,15H,3,13-14H2,1-2H3,(H,24,28)(H,25,27). The average Bonchev–Trinajstić information content (AvgIpc) is 3.20. The highest BCUT2D eigenvalue weighted by atomic mass is 32.1. The molecule has 3 rings (SSSR count). The van der Waals surface area contributed by atoms with E-state index < -0.39 is 0 Å². The molecule has 3 aromatic rings. The molecule has 0 spiro atoms. The molecule has 0 radical (unpaired) electrons. The van der Waals surface area contributed by atoms with Gasteiger partial charge in [0, 0.05) is 43.3 Å². The van der Waals surface area contributed by atoms with Crippen LogP contribution in [0.1, 0.15) is 32.5 Å². The molecule has 0 saturated heterocycles. The Morgan fingerprint density at radius 2 is 1.83 bits per heavy atom. The summed E-state index contributed by atoms with van der Waals surface area (Å²) in [4.78, 5) is 31.6. The van der Waals surface area contributed by atoms with Crippen LogP contribution in [-0.4, -0.2) is 36.4 Å². The fraction of sp³-hybridized carbons (Fsp3) is 0.227. The Balaban J connectivity index is 1.58. The van der Waals surface area contributed by atoms with Crippen molar-refractivity contribution in [2.24, 2.45) is 0 Å².